The summed E-state index contributed by atoms with van der Waals surface area (Å²) >= 11 is 1.32. The molecule has 0 bridgehead atoms. The van der Waals surface area contributed by atoms with Gasteiger partial charge >= 0.3 is 24.2 Å². The summed E-state index contributed by atoms with van der Waals surface area (Å²) in [7, 11) is -10.9. The smallest absolute Gasteiger partial charge is 0.465 e. The number of nitrogen functional groups attached to an aromatic ring is 1. The molecule has 7 N–H and O–H groups in total. The van der Waals surface area contributed by atoms with Crippen molar-refractivity contribution in [2.75, 3.05) is 52.1 Å². The van der Waals surface area contributed by atoms with E-state index in [0.29, 0.717) is 112 Å². The second-order valence-corrected chi connectivity index (χ2v) is 35.2. The van der Waals surface area contributed by atoms with Gasteiger partial charge in [0.15, 0.2) is 23.3 Å². The molecule has 0 radical (unpaired) electrons. The molecule has 6 atom stereocenters. The number of halogens is 9. The number of rotatable bonds is 26. The molecule has 5 aliphatic rings. The molecule has 1 unspecified atom stereocenters. The predicted molar refractivity (Wildman–Crippen MR) is 411 cm³/mol. The van der Waals surface area contributed by atoms with Crippen LogP contribution in [0.25, 0.3) is 0 Å². The van der Waals surface area contributed by atoms with Crippen molar-refractivity contribution < 1.29 is 107 Å². The monoisotopic (exact) mass is 1770 g/mol. The van der Waals surface area contributed by atoms with Crippen molar-refractivity contribution in [1.29, 1.82) is 0 Å². The first-order valence-electron chi connectivity index (χ1n) is 37.6. The number of alkyl halides is 6. The lowest BCUT2D eigenvalue weighted by Gasteiger charge is -2.29. The number of nitrogens with zero attached hydrogens (tertiary/aromatic N) is 13. The van der Waals surface area contributed by atoms with Gasteiger partial charge in [-0.25, -0.2) is 72.3 Å². The number of carbonyl (C=O) groups excluding carboxylic acids is 6. The lowest BCUT2D eigenvalue weighted by atomic mass is 9.95. The molecule has 0 aliphatic carbocycles. The zero-order valence-electron chi connectivity index (χ0n) is 65.0. The van der Waals surface area contributed by atoms with Crippen molar-refractivity contribution >= 4 is 95.2 Å². The quantitative estimate of drug-likeness (QED) is 0.0205. The van der Waals surface area contributed by atoms with Gasteiger partial charge in [-0.3, -0.25) is 39.3 Å². The fourth-order valence-electron chi connectivity index (χ4n) is 13.7. The van der Waals surface area contributed by atoms with Gasteiger partial charge in [0.2, 0.25) is 71.9 Å². The summed E-state index contributed by atoms with van der Waals surface area (Å²) in [5.41, 5.74) is 4.96. The number of ether oxygens (including phenoxy) is 1. The SMILES string of the molecule is CC1=NCC(Cc2noc(CN3CCCC[C@H](NS(=O)(=O)Cc4cccc(F)c4)C3=O)n2)CN1C=O.COC(=O)c1ccc(F)cc1CS(=O)(=O)N[C@H]1CCCCN(Cc2nc(C[C@@H]3CN=C(NC(=O)C(F)(F)F)N[C@@H]3C)cs2)C1=O.Cc1nc(N)nc(C(F)(F)F)c1Cc1noc(CN2CCCC[C@H](NS(=O)(=O)Cc3cccc(F)c3)C2=O)n1. The van der Waals surface area contributed by atoms with Crippen LogP contribution in [0.1, 0.15) is 150 Å². The Hall–Kier alpha value is -10.5. The summed E-state index contributed by atoms with van der Waals surface area (Å²) in [5, 5.41) is 14.6. The molecule has 0 spiro atoms. The fourth-order valence-corrected chi connectivity index (χ4v) is 18.6. The Morgan fingerprint density at radius 3 is 1.70 bits per heavy atom. The van der Waals surface area contributed by atoms with Crippen LogP contribution in [0.4, 0.5) is 45.5 Å². The summed E-state index contributed by atoms with van der Waals surface area (Å²) in [5.74, 6) is -7.29. The highest BCUT2D eigenvalue weighted by Gasteiger charge is 2.42. The number of hydrogen-bond donors (Lipinski definition) is 6. The lowest BCUT2D eigenvalue weighted by Crippen LogP contribution is -2.54. The number of amidine groups is 1. The predicted octanol–water partition coefficient (Wildman–Crippen LogP) is 6.01. The van der Waals surface area contributed by atoms with Crippen LogP contribution in [-0.4, -0.2) is 205 Å². The Labute approximate surface area is 686 Å². The summed E-state index contributed by atoms with van der Waals surface area (Å²) in [4.78, 5) is 109. The van der Waals surface area contributed by atoms with Crippen molar-refractivity contribution in [2.45, 2.75) is 171 Å². The molecular weight excluding hydrogens is 1680 g/mol. The number of methoxy groups -OCH3 is 1. The topological polar surface area (TPSA) is 454 Å². The molecule has 9 heterocycles. The minimum absolute atomic E-state index is 0.0113. The average molecular weight is 1770 g/mol. The number of amides is 5. The van der Waals surface area contributed by atoms with E-state index in [0.717, 1.165) is 43.9 Å². The maximum absolute atomic E-state index is 13.9. The number of carbonyl (C=O) groups is 6. The van der Waals surface area contributed by atoms with E-state index >= 15 is 0 Å². The molecular formula is C73H86F9N19O15S4. The van der Waals surface area contributed by atoms with Gasteiger partial charge in [0.05, 0.1) is 42.2 Å². The molecule has 47 heteroatoms. The number of nitrogens with two attached hydrogens (primary N) is 1. The summed E-state index contributed by atoms with van der Waals surface area (Å²) in [6, 6.07) is 10.3. The second-order valence-electron chi connectivity index (χ2n) is 29.0. The van der Waals surface area contributed by atoms with Crippen molar-refractivity contribution in [2.24, 2.45) is 21.8 Å². The number of hydrogen-bond acceptors (Lipinski definition) is 27. The molecule has 5 aliphatic heterocycles. The minimum atomic E-state index is -5.03. The van der Waals surface area contributed by atoms with Gasteiger partial charge in [-0.15, -0.1) is 11.3 Å². The lowest BCUT2D eigenvalue weighted by molar-refractivity contribution is -0.172. The third-order valence-electron chi connectivity index (χ3n) is 19.6. The molecule has 3 fully saturated rings. The molecule has 3 saturated heterocycles. The van der Waals surface area contributed by atoms with Crippen LogP contribution >= 0.6 is 11.3 Å². The number of guanidine groups is 1. The van der Waals surface area contributed by atoms with Crippen LogP contribution in [0.5, 0.6) is 0 Å². The molecule has 120 heavy (non-hydrogen) atoms. The highest BCUT2D eigenvalue weighted by molar-refractivity contribution is 7.89. The average Bonchev–Trinajstić information content (AvgIpc) is 0.945. The van der Waals surface area contributed by atoms with Crippen LogP contribution in [0.3, 0.4) is 0 Å². The molecule has 5 amide bonds. The number of anilines is 1. The first-order valence-corrected chi connectivity index (χ1v) is 43.4. The van der Waals surface area contributed by atoms with Gasteiger partial charge in [0, 0.05) is 86.6 Å². The zero-order valence-corrected chi connectivity index (χ0v) is 68.3. The van der Waals surface area contributed by atoms with Gasteiger partial charge < -0.3 is 44.4 Å². The van der Waals surface area contributed by atoms with E-state index in [9.17, 15) is 93.5 Å². The highest BCUT2D eigenvalue weighted by Crippen LogP contribution is 2.34. The maximum atomic E-state index is 13.9. The molecule has 3 aromatic carbocycles. The first-order chi connectivity index (χ1) is 56.7. The number of esters is 1. The second kappa shape index (κ2) is 40.3. The van der Waals surface area contributed by atoms with Crippen LogP contribution < -0.4 is 30.5 Å². The minimum Gasteiger partial charge on any atom is -0.465 e. The van der Waals surface area contributed by atoms with Gasteiger partial charge in [0.25, 0.3) is 0 Å². The molecule has 12 rings (SSSR count). The molecule has 4 aromatic heterocycles. The van der Waals surface area contributed by atoms with E-state index in [4.69, 9.17) is 14.8 Å². The van der Waals surface area contributed by atoms with E-state index in [1.165, 1.54) is 69.4 Å². The third-order valence-corrected chi connectivity index (χ3v) is 24.5. The van der Waals surface area contributed by atoms with E-state index in [1.807, 2.05) is 5.38 Å². The number of likely N-dealkylation sites (tertiary alicyclic amines) is 3. The Morgan fingerprint density at radius 1 is 0.658 bits per heavy atom. The first kappa shape index (κ1) is 91.8. The van der Waals surface area contributed by atoms with E-state index < -0.39 is 131 Å². The standard InChI is InChI=1S/C27H32F4N6O6S2.C23H25F4N7O4S.C23H29FN6O5S/c1-15-16(11-32-26(33-15)35-25(40)27(29,30)31)10-19-13-44-22(34-19)12-37-8-4-3-5-21(23(37)38)36-45(41,42)14-17-9-18(28)6-7-20(17)24(39)43-2;1-13-16(20(23(25,26)27)31-22(28)29-13)10-18-30-19(38-32-18)11-34-8-3-2-7-17(21(34)35)33-39(36,37)12-14-5-4-6-15(24)9-14;1-16-25-11-18(12-30(16)15-31)10-21-26-22(35-27-21)13-29-8-3-2-7-20(23(29)32)28-36(33,34)14-17-5-4-6-19(24)9-17/h6-7,9,13,15-16,21,36H,3-5,8,10-12,14H2,1-2H3,(H2,32,33,35,40);4-6,9,17,33H,2-3,7-8,10-12H2,1H3,(H2,28,29,31);4-6,9,15,18,20,28H,2-3,7-8,10-14H2,1H3/t15-,16-,21+;17-;18?,20-/m100/s1. The number of thiazole rings is 1. The van der Waals surface area contributed by atoms with Gasteiger partial charge in [-0.05, 0) is 144 Å². The zero-order chi connectivity index (χ0) is 87.0. The van der Waals surface area contributed by atoms with Crippen molar-refractivity contribution in [3.63, 3.8) is 0 Å². The molecule has 0 saturated carbocycles. The largest absolute Gasteiger partial charge is 0.471 e. The van der Waals surface area contributed by atoms with E-state index in [-0.39, 0.29) is 127 Å². The number of benzene rings is 3. The fraction of sp³-hybridized carbons (Fsp3) is 0.493. The molecule has 34 nitrogen and oxygen atoms in total. The Kier molecular flexibility index (Phi) is 30.8. The number of aryl methyl sites for hydroxylation is 1. The highest BCUT2D eigenvalue weighted by atomic mass is 32.2. The Morgan fingerprint density at radius 2 is 1.18 bits per heavy atom. The summed E-state index contributed by atoms with van der Waals surface area (Å²) in [6.45, 7) is 7.27. The molecule has 7 aromatic rings. The van der Waals surface area contributed by atoms with E-state index in [1.54, 1.807) is 24.1 Å². The van der Waals surface area contributed by atoms with Crippen LogP contribution in [0.15, 0.2) is 91.1 Å². The molecule has 650 valence electrons. The van der Waals surface area contributed by atoms with Crippen LogP contribution in [0.2, 0.25) is 0 Å². The van der Waals surface area contributed by atoms with Crippen LogP contribution in [0, 0.1) is 36.2 Å². The normalized spacial score (nSPS) is 19.8. The number of aliphatic imine (C=N–C) groups is 2. The van der Waals surface area contributed by atoms with Crippen LogP contribution in [-0.2, 0) is 121 Å². The summed E-state index contributed by atoms with van der Waals surface area (Å²) in [6.07, 6.45) is -3.95. The Balaban J connectivity index is 0.000000190. The number of aromatic nitrogens is 7. The van der Waals surface area contributed by atoms with Crippen molar-refractivity contribution in [1.82, 2.24) is 79.6 Å². The maximum Gasteiger partial charge on any atom is 0.471 e. The van der Waals surface area contributed by atoms with E-state index in [2.05, 4.69) is 69.4 Å². The number of nitrogens with one attached hydrogen (secondary N) is 5. The van der Waals surface area contributed by atoms with Crippen molar-refractivity contribution in [3.05, 3.63) is 163 Å². The Bertz CT molecular complexity index is 5270. The van der Waals surface area contributed by atoms with Gasteiger partial charge in [-0.1, -0.05) is 34.6 Å². The third kappa shape index (κ3) is 26.5. The summed E-state index contributed by atoms with van der Waals surface area (Å²) < 4.78 is 218. The van der Waals surface area contributed by atoms with Crippen molar-refractivity contribution in [3.8, 4) is 0 Å². The van der Waals surface area contributed by atoms with Gasteiger partial charge in [0.1, 0.15) is 59.5 Å². The number of sulfonamides is 3. The van der Waals surface area contributed by atoms with Gasteiger partial charge in [-0.2, -0.15) is 36.3 Å².